The third-order valence-electron chi connectivity index (χ3n) is 3.27. The molecule has 0 bridgehead atoms. The fourth-order valence-electron chi connectivity index (χ4n) is 2.39. The van der Waals surface area contributed by atoms with Crippen LogP contribution in [0.5, 0.6) is 0 Å². The molecule has 0 heterocycles. The van der Waals surface area contributed by atoms with E-state index in [0.717, 1.165) is 0 Å². The molecule has 0 fully saturated rings. The van der Waals surface area contributed by atoms with Crippen molar-refractivity contribution in [1.82, 2.24) is 0 Å². The predicted octanol–water partition coefficient (Wildman–Crippen LogP) is -2.24. The zero-order valence-electron chi connectivity index (χ0n) is 10.6. The van der Waals surface area contributed by atoms with E-state index in [1.165, 1.54) is 17.6 Å². The van der Waals surface area contributed by atoms with Gasteiger partial charge in [-0.1, -0.05) is 0 Å². The Morgan fingerprint density at radius 2 is 1.94 bits per heavy atom. The second-order valence-electron chi connectivity index (χ2n) is 4.54. The molecule has 0 aliphatic heterocycles. The summed E-state index contributed by atoms with van der Waals surface area (Å²) in [6, 6.07) is 0. The van der Waals surface area contributed by atoms with Gasteiger partial charge in [-0.05, 0) is 0 Å². The van der Waals surface area contributed by atoms with Crippen LogP contribution in [0.15, 0.2) is 42.0 Å². The fourth-order valence-corrected chi connectivity index (χ4v) is 8.05. The molecular weight excluding hydrogens is 330 g/mol. The molecule has 92 valence electrons. The molecule has 1 atom stereocenters. The molecule has 0 radical (unpaired) electrons. The molecule has 0 amide bonds. The zero-order chi connectivity index (χ0) is 11.0. The van der Waals surface area contributed by atoms with Gasteiger partial charge in [0.05, 0.1) is 0 Å². The van der Waals surface area contributed by atoms with Crippen LogP contribution < -0.4 is 24.8 Å². The van der Waals surface area contributed by atoms with Crippen LogP contribution in [0.25, 0.3) is 0 Å². The van der Waals surface area contributed by atoms with Crippen molar-refractivity contribution in [3.63, 3.8) is 0 Å². The van der Waals surface area contributed by atoms with Crippen LogP contribution >= 0.6 is 0 Å². The van der Waals surface area contributed by atoms with Gasteiger partial charge in [-0.15, -0.1) is 0 Å². The normalized spacial score (nSPS) is 21.2. The number of halogens is 2. The van der Waals surface area contributed by atoms with Gasteiger partial charge in [0, 0.05) is 0 Å². The summed E-state index contributed by atoms with van der Waals surface area (Å²) < 4.78 is 7.90. The van der Waals surface area contributed by atoms with E-state index in [9.17, 15) is 0 Å². The van der Waals surface area contributed by atoms with Crippen molar-refractivity contribution in [2.45, 2.75) is 27.2 Å². The molecule has 2 rings (SSSR count). The molecular formula is C14H18Cl2Zr. The molecule has 2 aliphatic carbocycles. The van der Waals surface area contributed by atoms with Crippen LogP contribution in [0.3, 0.4) is 0 Å². The summed E-state index contributed by atoms with van der Waals surface area (Å²) in [5, 5.41) is 0. The summed E-state index contributed by atoms with van der Waals surface area (Å²) in [7, 11) is 0. The van der Waals surface area contributed by atoms with Crippen molar-refractivity contribution in [2.75, 3.05) is 0 Å². The number of rotatable bonds is 2. The first-order valence-corrected chi connectivity index (χ1v) is 9.75. The van der Waals surface area contributed by atoms with Gasteiger partial charge in [0.25, 0.3) is 0 Å². The molecule has 0 aromatic carbocycles. The maximum absolute atomic E-state index is 4.53. The molecule has 0 aromatic rings. The molecule has 0 saturated heterocycles. The maximum Gasteiger partial charge on any atom is -1.00 e. The molecule has 0 spiro atoms. The molecule has 0 N–H and O–H groups in total. The topological polar surface area (TPSA) is 0 Å². The fraction of sp³-hybridized carbons (Fsp3) is 0.357. The first-order chi connectivity index (χ1) is 7.09. The van der Waals surface area contributed by atoms with Crippen molar-refractivity contribution in [3.05, 3.63) is 42.0 Å². The molecule has 0 nitrogen and oxygen atoms in total. The number of hydrogen-bond acceptors (Lipinski definition) is 0. The summed E-state index contributed by atoms with van der Waals surface area (Å²) in [4.78, 5) is 0. The largest absolute Gasteiger partial charge is 1.00 e. The second-order valence-corrected chi connectivity index (χ2v) is 9.80. The molecule has 3 heteroatoms. The van der Waals surface area contributed by atoms with Gasteiger partial charge in [-0.3, -0.25) is 0 Å². The van der Waals surface area contributed by atoms with Gasteiger partial charge in [0.1, 0.15) is 0 Å². The van der Waals surface area contributed by atoms with Crippen LogP contribution in [0, 0.1) is 5.92 Å². The van der Waals surface area contributed by atoms with E-state index in [4.69, 9.17) is 0 Å². The Morgan fingerprint density at radius 3 is 2.35 bits per heavy atom. The van der Waals surface area contributed by atoms with Gasteiger partial charge in [-0.2, -0.15) is 0 Å². The maximum atomic E-state index is 4.53. The van der Waals surface area contributed by atoms with E-state index >= 15 is 0 Å². The average Bonchev–Trinajstić information content (AvgIpc) is 2.73. The summed E-state index contributed by atoms with van der Waals surface area (Å²) in [6.07, 6.45) is 10.5. The summed E-state index contributed by atoms with van der Waals surface area (Å²) in [6.45, 7) is 6.75. The Kier molecular flexibility index (Phi) is 7.14. The third-order valence-corrected chi connectivity index (χ3v) is 9.72. The Morgan fingerprint density at radius 1 is 1.29 bits per heavy atom. The van der Waals surface area contributed by atoms with Gasteiger partial charge in [0.2, 0.25) is 0 Å². The van der Waals surface area contributed by atoms with Crippen molar-refractivity contribution in [3.8, 4) is 0 Å². The van der Waals surface area contributed by atoms with Crippen LogP contribution in [0.4, 0.5) is 0 Å². The predicted molar refractivity (Wildman–Crippen MR) is 64.6 cm³/mol. The molecule has 17 heavy (non-hydrogen) atoms. The van der Waals surface area contributed by atoms with Crippen molar-refractivity contribution in [2.24, 2.45) is 5.92 Å². The smallest absolute Gasteiger partial charge is 1.00 e. The molecule has 0 aromatic heterocycles. The third kappa shape index (κ3) is 3.63. The Bertz CT molecular complexity index is 439. The van der Waals surface area contributed by atoms with Crippen LogP contribution in [0.1, 0.15) is 27.2 Å². The van der Waals surface area contributed by atoms with Gasteiger partial charge >= 0.3 is 101 Å². The van der Waals surface area contributed by atoms with E-state index in [2.05, 4.69) is 49.3 Å². The summed E-state index contributed by atoms with van der Waals surface area (Å²) in [5.74, 6) is 0.652. The van der Waals surface area contributed by atoms with Gasteiger partial charge < -0.3 is 24.8 Å². The Labute approximate surface area is 125 Å². The zero-order valence-corrected chi connectivity index (χ0v) is 14.5. The van der Waals surface area contributed by atoms with E-state index in [-0.39, 0.29) is 24.8 Å². The molecule has 0 saturated carbocycles. The molecule has 2 aliphatic rings. The van der Waals surface area contributed by atoms with E-state index in [0.29, 0.717) is 5.92 Å². The standard InChI is InChI=1S/C7H9.C6H7.CH2.2ClH.Zr/c1-6-3-4-7(2)5-6;1-6-4-2-3-5-6;;;;/h3-4,6H,1-2H3;4-5H,2H2,1H3;1H2;2*1H;/q;;;;;+2/p-2. The quantitative estimate of drug-likeness (QED) is 0.529. The SMILES string of the molecule is [CH2]=[Zr+2]([C]1=CC(C)=CC1)[C]1=C(C)C=CC1C.[Cl-].[Cl-]. The van der Waals surface area contributed by atoms with E-state index < -0.39 is 21.3 Å². The monoisotopic (exact) mass is 346 g/mol. The van der Waals surface area contributed by atoms with Gasteiger partial charge in [0.15, 0.2) is 0 Å². The van der Waals surface area contributed by atoms with E-state index in [1.807, 2.05) is 0 Å². The second kappa shape index (κ2) is 7.02. The van der Waals surface area contributed by atoms with Crippen molar-refractivity contribution < 1.29 is 46.1 Å². The summed E-state index contributed by atoms with van der Waals surface area (Å²) in [5.41, 5.74) is 2.93. The Balaban J connectivity index is 0.00000128. The van der Waals surface area contributed by atoms with Crippen LogP contribution in [-0.4, -0.2) is 4.21 Å². The minimum Gasteiger partial charge on any atom is -1.00 e. The Hall–Kier alpha value is 0.293. The van der Waals surface area contributed by atoms with Crippen LogP contribution in [-0.2, 0) is 21.3 Å². The average molecular weight is 348 g/mol. The molecule has 1 unspecified atom stereocenters. The first kappa shape index (κ1) is 17.3. The number of allylic oxidation sites excluding steroid dienone is 8. The van der Waals surface area contributed by atoms with E-state index in [1.54, 1.807) is 6.56 Å². The number of hydrogen-bond donors (Lipinski definition) is 0. The van der Waals surface area contributed by atoms with Gasteiger partial charge in [-0.25, -0.2) is 0 Å². The summed E-state index contributed by atoms with van der Waals surface area (Å²) >= 11 is -1.69. The van der Waals surface area contributed by atoms with Crippen LogP contribution in [0.2, 0.25) is 0 Å². The van der Waals surface area contributed by atoms with Crippen molar-refractivity contribution in [1.29, 1.82) is 0 Å². The minimum absolute atomic E-state index is 0. The minimum atomic E-state index is -1.69. The van der Waals surface area contributed by atoms with Crippen molar-refractivity contribution >= 4 is 4.21 Å². The first-order valence-electron chi connectivity index (χ1n) is 5.55.